The van der Waals surface area contributed by atoms with E-state index in [1.807, 2.05) is 19.2 Å². The van der Waals surface area contributed by atoms with Crippen molar-refractivity contribution in [3.8, 4) is 11.5 Å². The molecule has 0 bridgehead atoms. The van der Waals surface area contributed by atoms with Crippen LogP contribution in [0.25, 0.3) is 10.9 Å². The Labute approximate surface area is 89.2 Å². The second-order valence-electron chi connectivity index (χ2n) is 3.62. The van der Waals surface area contributed by atoms with E-state index in [2.05, 4.69) is 17.7 Å². The average Bonchev–Trinajstić information content (AvgIpc) is 2.54. The second-order valence-corrected chi connectivity index (χ2v) is 3.62. The largest absolute Gasteiger partial charge is 0.496 e. The van der Waals surface area contributed by atoms with Crippen molar-refractivity contribution in [1.29, 1.82) is 0 Å². The summed E-state index contributed by atoms with van der Waals surface area (Å²) in [6.07, 6.45) is 2.08. The van der Waals surface area contributed by atoms with E-state index in [9.17, 15) is 0 Å². The van der Waals surface area contributed by atoms with Crippen LogP contribution in [0.4, 0.5) is 0 Å². The molecule has 0 saturated carbocycles. The van der Waals surface area contributed by atoms with Gasteiger partial charge in [-0.2, -0.15) is 0 Å². The molecule has 0 amide bonds. The zero-order valence-corrected chi connectivity index (χ0v) is 9.50. The van der Waals surface area contributed by atoms with Crippen molar-refractivity contribution in [1.82, 2.24) is 4.57 Å². The van der Waals surface area contributed by atoms with Gasteiger partial charge in [-0.15, -0.1) is 0 Å². The Morgan fingerprint density at radius 3 is 2.27 bits per heavy atom. The van der Waals surface area contributed by atoms with Gasteiger partial charge in [0.1, 0.15) is 11.5 Å². The highest BCUT2D eigenvalue weighted by Crippen LogP contribution is 2.35. The smallest absolute Gasteiger partial charge is 0.143 e. The molecular weight excluding hydrogens is 190 g/mol. The Kier molecular flexibility index (Phi) is 2.31. The number of ether oxygens (including phenoxy) is 2. The monoisotopic (exact) mass is 205 g/mol. The van der Waals surface area contributed by atoms with Gasteiger partial charge in [0.2, 0.25) is 0 Å². The number of hydrogen-bond acceptors (Lipinski definition) is 2. The van der Waals surface area contributed by atoms with Crippen molar-refractivity contribution in [3.63, 3.8) is 0 Å². The van der Waals surface area contributed by atoms with E-state index in [1.54, 1.807) is 14.2 Å². The van der Waals surface area contributed by atoms with Crippen LogP contribution >= 0.6 is 0 Å². The average molecular weight is 205 g/mol. The lowest BCUT2D eigenvalue weighted by Gasteiger charge is -2.08. The van der Waals surface area contributed by atoms with Gasteiger partial charge in [0, 0.05) is 18.6 Å². The Hall–Kier alpha value is -1.64. The van der Waals surface area contributed by atoms with Gasteiger partial charge in [0.05, 0.1) is 19.7 Å². The number of aromatic nitrogens is 1. The third kappa shape index (κ3) is 1.35. The fourth-order valence-corrected chi connectivity index (χ4v) is 2.04. The van der Waals surface area contributed by atoms with Crippen LogP contribution in [-0.2, 0) is 7.05 Å². The zero-order chi connectivity index (χ0) is 11.0. The quantitative estimate of drug-likeness (QED) is 0.752. The maximum absolute atomic E-state index is 5.35. The fraction of sp³-hybridized carbons (Fsp3) is 0.333. The lowest BCUT2D eigenvalue weighted by atomic mass is 10.1. The van der Waals surface area contributed by atoms with Crippen LogP contribution in [-0.4, -0.2) is 18.8 Å². The molecule has 1 heterocycles. The van der Waals surface area contributed by atoms with E-state index < -0.39 is 0 Å². The number of benzene rings is 1. The molecule has 1 aromatic carbocycles. The highest BCUT2D eigenvalue weighted by atomic mass is 16.5. The lowest BCUT2D eigenvalue weighted by Crippen LogP contribution is -1.92. The summed E-state index contributed by atoms with van der Waals surface area (Å²) in [6, 6.07) is 3.87. The van der Waals surface area contributed by atoms with Crippen molar-refractivity contribution in [2.75, 3.05) is 14.2 Å². The van der Waals surface area contributed by atoms with Gasteiger partial charge < -0.3 is 14.0 Å². The van der Waals surface area contributed by atoms with Gasteiger partial charge in [-0.1, -0.05) is 0 Å². The Bertz CT molecular complexity index is 456. The first-order valence-corrected chi connectivity index (χ1v) is 4.85. The Balaban J connectivity index is 2.89. The van der Waals surface area contributed by atoms with Crippen molar-refractivity contribution in [2.45, 2.75) is 6.92 Å². The minimum atomic E-state index is 0.876. The first kappa shape index (κ1) is 9.90. The summed E-state index contributed by atoms with van der Waals surface area (Å²) in [6.45, 7) is 2.07. The van der Waals surface area contributed by atoms with Gasteiger partial charge in [0.25, 0.3) is 0 Å². The van der Waals surface area contributed by atoms with Crippen LogP contribution in [0.15, 0.2) is 18.3 Å². The fourth-order valence-electron chi connectivity index (χ4n) is 2.04. The molecular formula is C12H15NO2. The molecule has 80 valence electrons. The van der Waals surface area contributed by atoms with Gasteiger partial charge in [-0.3, -0.25) is 0 Å². The lowest BCUT2D eigenvalue weighted by molar-refractivity contribution is 0.409. The summed E-state index contributed by atoms with van der Waals surface area (Å²) in [5, 5.41) is 1.12. The molecule has 2 rings (SSSR count). The Morgan fingerprint density at radius 1 is 1.07 bits per heavy atom. The first-order valence-electron chi connectivity index (χ1n) is 4.85. The summed E-state index contributed by atoms with van der Waals surface area (Å²) in [7, 11) is 5.38. The van der Waals surface area contributed by atoms with Crippen LogP contribution in [0.2, 0.25) is 0 Å². The summed E-state index contributed by atoms with van der Waals surface area (Å²) in [5.74, 6) is 1.77. The number of nitrogens with zero attached hydrogens (tertiary/aromatic N) is 1. The number of hydrogen-bond donors (Lipinski definition) is 0. The molecule has 1 aromatic heterocycles. The molecule has 0 unspecified atom stereocenters. The maximum Gasteiger partial charge on any atom is 0.143 e. The molecule has 2 aromatic rings. The third-order valence-electron chi connectivity index (χ3n) is 2.68. The summed E-state index contributed by atoms with van der Waals surface area (Å²) in [5.41, 5.74) is 2.28. The highest BCUT2D eigenvalue weighted by molar-refractivity contribution is 5.94. The van der Waals surface area contributed by atoms with E-state index >= 15 is 0 Å². The SMILES string of the molecule is COc1ccc(OC)c2c1c(C)cn2C. The molecule has 0 atom stereocenters. The van der Waals surface area contributed by atoms with Gasteiger partial charge in [0.15, 0.2) is 0 Å². The van der Waals surface area contributed by atoms with Crippen molar-refractivity contribution in [3.05, 3.63) is 23.9 Å². The molecule has 3 heteroatoms. The van der Waals surface area contributed by atoms with E-state index in [0.717, 1.165) is 22.4 Å². The van der Waals surface area contributed by atoms with Gasteiger partial charge in [-0.25, -0.2) is 0 Å². The zero-order valence-electron chi connectivity index (χ0n) is 9.50. The number of methoxy groups -OCH3 is 2. The van der Waals surface area contributed by atoms with E-state index in [4.69, 9.17) is 9.47 Å². The predicted octanol–water partition coefficient (Wildman–Crippen LogP) is 2.50. The van der Waals surface area contributed by atoms with Crippen molar-refractivity contribution >= 4 is 10.9 Å². The van der Waals surface area contributed by atoms with Crippen LogP contribution < -0.4 is 9.47 Å². The molecule has 0 saturated heterocycles. The first-order chi connectivity index (χ1) is 7.19. The molecule has 0 radical (unpaired) electrons. The van der Waals surface area contributed by atoms with Crippen molar-refractivity contribution < 1.29 is 9.47 Å². The standard InChI is InChI=1S/C12H15NO2/c1-8-7-13(2)12-10(15-4)6-5-9(14-3)11(8)12/h5-7H,1-4H3. The summed E-state index contributed by atoms with van der Waals surface area (Å²) in [4.78, 5) is 0. The third-order valence-corrected chi connectivity index (χ3v) is 2.68. The molecule has 0 aliphatic carbocycles. The van der Waals surface area contributed by atoms with Crippen molar-refractivity contribution in [2.24, 2.45) is 7.05 Å². The number of aryl methyl sites for hydroxylation is 2. The van der Waals surface area contributed by atoms with Crippen LogP contribution in [0.5, 0.6) is 11.5 Å². The highest BCUT2D eigenvalue weighted by Gasteiger charge is 2.13. The topological polar surface area (TPSA) is 23.4 Å². The number of fused-ring (bicyclic) bond motifs is 1. The van der Waals surface area contributed by atoms with E-state index in [-0.39, 0.29) is 0 Å². The van der Waals surface area contributed by atoms with Gasteiger partial charge in [-0.05, 0) is 24.6 Å². The molecule has 15 heavy (non-hydrogen) atoms. The minimum absolute atomic E-state index is 0.876. The summed E-state index contributed by atoms with van der Waals surface area (Å²) >= 11 is 0. The normalized spacial score (nSPS) is 10.7. The van der Waals surface area contributed by atoms with Crippen LogP contribution in [0, 0.1) is 6.92 Å². The summed E-state index contributed by atoms with van der Waals surface area (Å²) < 4.78 is 12.8. The van der Waals surface area contributed by atoms with E-state index in [1.165, 1.54) is 5.56 Å². The van der Waals surface area contributed by atoms with Crippen LogP contribution in [0.1, 0.15) is 5.56 Å². The molecule has 3 nitrogen and oxygen atoms in total. The van der Waals surface area contributed by atoms with Gasteiger partial charge >= 0.3 is 0 Å². The molecule has 0 fully saturated rings. The minimum Gasteiger partial charge on any atom is -0.496 e. The maximum atomic E-state index is 5.35. The predicted molar refractivity (Wildman–Crippen MR) is 60.8 cm³/mol. The molecule has 0 aliphatic rings. The Morgan fingerprint density at radius 2 is 1.67 bits per heavy atom. The van der Waals surface area contributed by atoms with Crippen LogP contribution in [0.3, 0.4) is 0 Å². The molecule has 0 N–H and O–H groups in total. The van der Waals surface area contributed by atoms with E-state index in [0.29, 0.717) is 0 Å². The molecule has 0 spiro atoms. The molecule has 0 aliphatic heterocycles. The number of rotatable bonds is 2. The second kappa shape index (κ2) is 3.50.